The molecule has 1 aromatic heterocycles. The van der Waals surface area contributed by atoms with Crippen molar-refractivity contribution in [2.45, 2.75) is 0 Å². The highest BCUT2D eigenvalue weighted by molar-refractivity contribution is 6.09. The van der Waals surface area contributed by atoms with Crippen LogP contribution >= 0.6 is 0 Å². The number of nitrogens with one attached hydrogen (secondary N) is 2. The number of hydrogen-bond donors (Lipinski definition) is 2. The average Bonchev–Trinajstić information content (AvgIpc) is 2.87. The van der Waals surface area contributed by atoms with E-state index in [0.717, 1.165) is 18.8 Å². The van der Waals surface area contributed by atoms with Gasteiger partial charge in [0.05, 0.1) is 24.2 Å². The van der Waals surface area contributed by atoms with Crippen LogP contribution in [0.2, 0.25) is 0 Å². The van der Waals surface area contributed by atoms with Crippen LogP contribution in [0, 0.1) is 0 Å². The summed E-state index contributed by atoms with van der Waals surface area (Å²) in [6.45, 7) is 5.13. The highest BCUT2D eigenvalue weighted by Crippen LogP contribution is 2.38. The number of methoxy groups -OCH3 is 1. The normalized spacial score (nSPS) is 10.5. The molecule has 182 valence electrons. The number of carbonyl (C=O) groups is 2. The van der Waals surface area contributed by atoms with E-state index in [-0.39, 0.29) is 11.7 Å². The number of rotatable bonds is 11. The Bertz CT molecular complexity index is 1190. The first-order valence-corrected chi connectivity index (χ1v) is 11.2. The summed E-state index contributed by atoms with van der Waals surface area (Å²) in [5, 5.41) is 6.10. The second kappa shape index (κ2) is 11.8. The number of amides is 1. The average molecular weight is 474 g/mol. The van der Waals surface area contributed by atoms with Gasteiger partial charge < -0.3 is 25.2 Å². The molecule has 0 saturated carbocycles. The number of pyridine rings is 1. The quantitative estimate of drug-likeness (QED) is 0.319. The number of carbonyl (C=O) groups excluding carboxylic acids is 2. The summed E-state index contributed by atoms with van der Waals surface area (Å²) >= 11 is 0. The zero-order chi connectivity index (χ0) is 25.4. The second-order valence-electron chi connectivity index (χ2n) is 8.24. The number of ketones is 1. The van der Waals surface area contributed by atoms with E-state index in [1.54, 1.807) is 43.6 Å². The van der Waals surface area contributed by atoms with Gasteiger partial charge in [0, 0.05) is 43.5 Å². The molecule has 0 saturated heterocycles. The predicted molar refractivity (Wildman–Crippen MR) is 141 cm³/mol. The maximum atomic E-state index is 12.9. The Morgan fingerprint density at radius 3 is 2.40 bits per heavy atom. The summed E-state index contributed by atoms with van der Waals surface area (Å²) in [7, 11) is 7.54. The van der Waals surface area contributed by atoms with E-state index in [4.69, 9.17) is 4.74 Å². The number of ether oxygens (including phenoxy) is 1. The summed E-state index contributed by atoms with van der Waals surface area (Å²) in [5.74, 6) is 0.617. The van der Waals surface area contributed by atoms with Crippen molar-refractivity contribution in [2.24, 2.45) is 0 Å². The highest BCUT2D eigenvalue weighted by Gasteiger charge is 2.17. The topological polar surface area (TPSA) is 86.8 Å². The third kappa shape index (κ3) is 6.68. The van der Waals surface area contributed by atoms with Crippen LogP contribution < -0.4 is 20.3 Å². The van der Waals surface area contributed by atoms with Gasteiger partial charge in [-0.2, -0.15) is 0 Å². The zero-order valence-corrected chi connectivity index (χ0v) is 20.5. The number of nitrogens with zero attached hydrogens (tertiary/aromatic N) is 3. The van der Waals surface area contributed by atoms with E-state index in [1.807, 2.05) is 50.3 Å². The first-order valence-electron chi connectivity index (χ1n) is 11.2. The molecule has 0 unspecified atom stereocenters. The van der Waals surface area contributed by atoms with E-state index >= 15 is 0 Å². The molecule has 0 spiro atoms. The lowest BCUT2D eigenvalue weighted by molar-refractivity contribution is -0.111. The SMILES string of the molecule is C=CC(=O)Nc1cc(Nc2cc(C(=O)c3ccccc3)ccn2)c(OC)cc1N(C)CCN(C)C. The van der Waals surface area contributed by atoms with Crippen molar-refractivity contribution in [1.82, 2.24) is 9.88 Å². The predicted octanol–water partition coefficient (Wildman–Crippen LogP) is 4.19. The van der Waals surface area contributed by atoms with Gasteiger partial charge in [-0.25, -0.2) is 4.98 Å². The van der Waals surface area contributed by atoms with Crippen molar-refractivity contribution in [2.75, 3.05) is 56.9 Å². The highest BCUT2D eigenvalue weighted by atomic mass is 16.5. The Balaban J connectivity index is 1.95. The second-order valence-corrected chi connectivity index (χ2v) is 8.24. The summed E-state index contributed by atoms with van der Waals surface area (Å²) in [6.07, 6.45) is 2.80. The molecule has 0 fully saturated rings. The van der Waals surface area contributed by atoms with E-state index < -0.39 is 0 Å². The molecule has 0 aliphatic carbocycles. The van der Waals surface area contributed by atoms with Gasteiger partial charge in [-0.1, -0.05) is 36.9 Å². The van der Waals surface area contributed by atoms with Gasteiger partial charge >= 0.3 is 0 Å². The van der Waals surface area contributed by atoms with Crippen molar-refractivity contribution < 1.29 is 14.3 Å². The lowest BCUT2D eigenvalue weighted by atomic mass is 10.0. The summed E-state index contributed by atoms with van der Waals surface area (Å²) in [4.78, 5) is 33.5. The van der Waals surface area contributed by atoms with E-state index in [1.165, 1.54) is 6.08 Å². The molecule has 8 heteroatoms. The van der Waals surface area contributed by atoms with Crippen LogP contribution in [0.25, 0.3) is 0 Å². The Morgan fingerprint density at radius 2 is 1.74 bits per heavy atom. The first-order chi connectivity index (χ1) is 16.8. The summed E-state index contributed by atoms with van der Waals surface area (Å²) < 4.78 is 5.64. The molecule has 35 heavy (non-hydrogen) atoms. The van der Waals surface area contributed by atoms with Gasteiger partial charge in [-0.3, -0.25) is 9.59 Å². The van der Waals surface area contributed by atoms with Crippen LogP contribution in [0.5, 0.6) is 5.75 Å². The van der Waals surface area contributed by atoms with Gasteiger partial charge in [-0.15, -0.1) is 0 Å². The fourth-order valence-electron chi connectivity index (χ4n) is 3.44. The maximum absolute atomic E-state index is 12.9. The minimum Gasteiger partial charge on any atom is -0.494 e. The first kappa shape index (κ1) is 25.5. The minimum atomic E-state index is -0.322. The molecule has 0 aliphatic rings. The lowest BCUT2D eigenvalue weighted by Crippen LogP contribution is -2.29. The standard InChI is InChI=1S/C27H31N5O3/c1-6-26(33)30-21-17-22(24(35-5)18-23(21)32(4)15-14-31(2)3)29-25-16-20(12-13-28-25)27(34)19-10-8-7-9-11-19/h6-13,16-18H,1,14-15H2,2-5H3,(H,28,29)(H,30,33). The van der Waals surface area contributed by atoms with Gasteiger partial charge in [0.25, 0.3) is 0 Å². The third-order valence-corrected chi connectivity index (χ3v) is 5.38. The number of aromatic nitrogens is 1. The molecule has 1 amide bonds. The Hall–Kier alpha value is -4.17. The van der Waals surface area contributed by atoms with E-state index in [9.17, 15) is 9.59 Å². The zero-order valence-electron chi connectivity index (χ0n) is 20.5. The summed E-state index contributed by atoms with van der Waals surface area (Å²) in [5.41, 5.74) is 3.09. The number of anilines is 4. The van der Waals surface area contributed by atoms with Crippen molar-refractivity contribution in [3.8, 4) is 5.75 Å². The van der Waals surface area contributed by atoms with E-state index in [0.29, 0.717) is 34.1 Å². The molecule has 0 atom stereocenters. The van der Waals surface area contributed by atoms with Crippen LogP contribution in [0.3, 0.4) is 0 Å². The number of likely N-dealkylation sites (N-methyl/N-ethyl adjacent to an activating group) is 2. The molecule has 3 rings (SSSR count). The molecule has 2 N–H and O–H groups in total. The smallest absolute Gasteiger partial charge is 0.247 e. The fourth-order valence-corrected chi connectivity index (χ4v) is 3.44. The molecule has 0 radical (unpaired) electrons. The fraction of sp³-hybridized carbons (Fsp3) is 0.222. The third-order valence-electron chi connectivity index (χ3n) is 5.38. The largest absolute Gasteiger partial charge is 0.494 e. The van der Waals surface area contributed by atoms with Crippen molar-refractivity contribution in [1.29, 1.82) is 0 Å². The monoisotopic (exact) mass is 473 g/mol. The molecule has 0 bridgehead atoms. The number of hydrogen-bond acceptors (Lipinski definition) is 7. The Labute approximate surface area is 206 Å². The van der Waals surface area contributed by atoms with Gasteiger partial charge in [0.15, 0.2) is 5.78 Å². The van der Waals surface area contributed by atoms with Crippen LogP contribution in [0.1, 0.15) is 15.9 Å². The van der Waals surface area contributed by atoms with Gasteiger partial charge in [0.1, 0.15) is 11.6 Å². The van der Waals surface area contributed by atoms with Crippen LogP contribution in [0.4, 0.5) is 22.9 Å². The van der Waals surface area contributed by atoms with Crippen molar-refractivity contribution in [3.05, 3.63) is 84.6 Å². The van der Waals surface area contributed by atoms with Crippen LogP contribution in [0.15, 0.2) is 73.4 Å². The molecular weight excluding hydrogens is 442 g/mol. The van der Waals surface area contributed by atoms with Crippen LogP contribution in [-0.4, -0.2) is 62.9 Å². The number of benzene rings is 2. The molecule has 1 heterocycles. The molecular formula is C27H31N5O3. The van der Waals surface area contributed by atoms with Gasteiger partial charge in [0.2, 0.25) is 5.91 Å². The minimum absolute atomic E-state index is 0.0974. The van der Waals surface area contributed by atoms with Crippen LogP contribution in [-0.2, 0) is 4.79 Å². The van der Waals surface area contributed by atoms with E-state index in [2.05, 4.69) is 27.1 Å². The maximum Gasteiger partial charge on any atom is 0.247 e. The molecule has 0 aliphatic heterocycles. The van der Waals surface area contributed by atoms with Crippen molar-refractivity contribution in [3.63, 3.8) is 0 Å². The Morgan fingerprint density at radius 1 is 1.00 bits per heavy atom. The molecule has 2 aromatic carbocycles. The molecule has 8 nitrogen and oxygen atoms in total. The summed E-state index contributed by atoms with van der Waals surface area (Å²) in [6, 6.07) is 16.1. The Kier molecular flexibility index (Phi) is 8.58. The van der Waals surface area contributed by atoms with Gasteiger partial charge in [-0.05, 0) is 38.4 Å². The molecule has 3 aromatic rings. The van der Waals surface area contributed by atoms with Crippen molar-refractivity contribution >= 4 is 34.6 Å². The lowest BCUT2D eigenvalue weighted by Gasteiger charge is -2.26.